The molecule has 7 heteroatoms. The molecule has 1 aliphatic rings. The lowest BCUT2D eigenvalue weighted by molar-refractivity contribution is -0.126. The summed E-state index contributed by atoms with van der Waals surface area (Å²) in [6, 6.07) is 6.55. The predicted octanol–water partition coefficient (Wildman–Crippen LogP) is -0.227. The van der Waals surface area contributed by atoms with Gasteiger partial charge in [-0.25, -0.2) is 12.7 Å². The van der Waals surface area contributed by atoms with Crippen LogP contribution in [0.2, 0.25) is 0 Å². The average Bonchev–Trinajstić information content (AvgIpc) is 2.34. The van der Waals surface area contributed by atoms with Gasteiger partial charge in [-0.15, -0.1) is 0 Å². The van der Waals surface area contributed by atoms with Gasteiger partial charge < -0.3 is 10.6 Å². The summed E-state index contributed by atoms with van der Waals surface area (Å²) in [5, 5.41) is 5.89. The molecule has 110 valence electrons. The molecule has 0 saturated carbocycles. The number of nitrogens with zero attached hydrogens (tertiary/aromatic N) is 1. The van der Waals surface area contributed by atoms with Crippen LogP contribution < -0.4 is 10.6 Å². The summed E-state index contributed by atoms with van der Waals surface area (Å²) in [7, 11) is -0.403. The molecule has 0 aromatic heterocycles. The number of carbonyl (C=O) groups excluding carboxylic acids is 1. The summed E-state index contributed by atoms with van der Waals surface area (Å²) < 4.78 is 25.0. The fourth-order valence-corrected chi connectivity index (χ4v) is 2.70. The Kier molecular flexibility index (Phi) is 4.42. The highest BCUT2D eigenvalue weighted by Crippen LogP contribution is 2.14. The zero-order valence-corrected chi connectivity index (χ0v) is 12.4. The fourth-order valence-electron chi connectivity index (χ4n) is 1.80. The minimum Gasteiger partial charge on any atom is -0.352 e. The SMILES string of the molecule is CN(C)S(=O)(=O)c1ccc(CNC(=O)C2CNC2)cc1. The largest absolute Gasteiger partial charge is 0.352 e. The van der Waals surface area contributed by atoms with E-state index in [1.807, 2.05) is 0 Å². The van der Waals surface area contributed by atoms with E-state index in [1.54, 1.807) is 24.3 Å². The van der Waals surface area contributed by atoms with E-state index in [0.29, 0.717) is 6.54 Å². The van der Waals surface area contributed by atoms with Crippen LogP contribution in [0.25, 0.3) is 0 Å². The summed E-state index contributed by atoms with van der Waals surface area (Å²) in [6.07, 6.45) is 0. The Bertz CT molecular complexity index is 577. The van der Waals surface area contributed by atoms with Gasteiger partial charge in [-0.05, 0) is 17.7 Å². The van der Waals surface area contributed by atoms with Crippen molar-refractivity contribution in [2.75, 3.05) is 27.2 Å². The Balaban J connectivity index is 1.96. The summed E-state index contributed by atoms with van der Waals surface area (Å²) in [5.74, 6) is 0.0946. The molecule has 2 N–H and O–H groups in total. The highest BCUT2D eigenvalue weighted by molar-refractivity contribution is 7.89. The second kappa shape index (κ2) is 5.90. The summed E-state index contributed by atoms with van der Waals surface area (Å²) in [5.41, 5.74) is 0.878. The number of carbonyl (C=O) groups is 1. The normalized spacial score (nSPS) is 15.9. The van der Waals surface area contributed by atoms with Crippen LogP contribution in [0.5, 0.6) is 0 Å². The Morgan fingerprint density at radius 2 is 1.90 bits per heavy atom. The molecule has 2 rings (SSSR count). The highest BCUT2D eigenvalue weighted by Gasteiger charge is 2.24. The monoisotopic (exact) mass is 297 g/mol. The molecule has 20 heavy (non-hydrogen) atoms. The standard InChI is InChI=1S/C13H19N3O3S/c1-16(2)20(18,19)12-5-3-10(4-6-12)7-15-13(17)11-8-14-9-11/h3-6,11,14H,7-9H2,1-2H3,(H,15,17). The van der Waals surface area contributed by atoms with E-state index in [-0.39, 0.29) is 16.7 Å². The first-order valence-corrected chi connectivity index (χ1v) is 7.85. The third-order valence-electron chi connectivity index (χ3n) is 3.32. The van der Waals surface area contributed by atoms with E-state index in [2.05, 4.69) is 10.6 Å². The maximum Gasteiger partial charge on any atom is 0.242 e. The van der Waals surface area contributed by atoms with E-state index >= 15 is 0 Å². The van der Waals surface area contributed by atoms with Crippen LogP contribution >= 0.6 is 0 Å². The first kappa shape index (κ1) is 15.0. The zero-order chi connectivity index (χ0) is 14.8. The third kappa shape index (κ3) is 3.17. The van der Waals surface area contributed by atoms with Crippen molar-refractivity contribution in [1.82, 2.24) is 14.9 Å². The number of benzene rings is 1. The second-order valence-electron chi connectivity index (χ2n) is 5.00. The number of amides is 1. The Labute approximate surface area is 119 Å². The van der Waals surface area contributed by atoms with Crippen LogP contribution in [-0.4, -0.2) is 45.8 Å². The lowest BCUT2D eigenvalue weighted by Gasteiger charge is -2.25. The lowest BCUT2D eigenvalue weighted by atomic mass is 10.0. The van der Waals surface area contributed by atoms with Crippen LogP contribution in [0.3, 0.4) is 0 Å². The maximum atomic E-state index is 11.9. The van der Waals surface area contributed by atoms with Gasteiger partial charge in [0.2, 0.25) is 15.9 Å². The molecule has 0 radical (unpaired) electrons. The van der Waals surface area contributed by atoms with Crippen molar-refractivity contribution in [2.45, 2.75) is 11.4 Å². The smallest absolute Gasteiger partial charge is 0.242 e. The van der Waals surface area contributed by atoms with E-state index < -0.39 is 10.0 Å². The number of nitrogens with one attached hydrogen (secondary N) is 2. The number of hydrogen-bond acceptors (Lipinski definition) is 4. The first-order valence-electron chi connectivity index (χ1n) is 6.41. The topological polar surface area (TPSA) is 78.5 Å². The van der Waals surface area contributed by atoms with Crippen molar-refractivity contribution < 1.29 is 13.2 Å². The van der Waals surface area contributed by atoms with Crippen molar-refractivity contribution >= 4 is 15.9 Å². The molecule has 0 aliphatic carbocycles. The zero-order valence-electron chi connectivity index (χ0n) is 11.6. The van der Waals surface area contributed by atoms with Gasteiger partial charge >= 0.3 is 0 Å². The molecule has 1 aliphatic heterocycles. The van der Waals surface area contributed by atoms with Crippen LogP contribution in [0.4, 0.5) is 0 Å². The molecule has 0 bridgehead atoms. The van der Waals surface area contributed by atoms with Crippen molar-refractivity contribution in [3.8, 4) is 0 Å². The molecule has 1 heterocycles. The van der Waals surface area contributed by atoms with Crippen molar-refractivity contribution in [3.63, 3.8) is 0 Å². The molecule has 0 unspecified atom stereocenters. The second-order valence-corrected chi connectivity index (χ2v) is 7.16. The molecule has 1 aromatic carbocycles. The number of rotatable bonds is 5. The number of hydrogen-bond donors (Lipinski definition) is 2. The molecule has 0 atom stereocenters. The van der Waals surface area contributed by atoms with Gasteiger partial charge in [-0.3, -0.25) is 4.79 Å². The van der Waals surface area contributed by atoms with Crippen LogP contribution in [0, 0.1) is 5.92 Å². The Morgan fingerprint density at radius 1 is 1.30 bits per heavy atom. The minimum absolute atomic E-state index is 0.0359. The van der Waals surface area contributed by atoms with Gasteiger partial charge in [0.1, 0.15) is 0 Å². The van der Waals surface area contributed by atoms with Crippen molar-refractivity contribution in [2.24, 2.45) is 5.92 Å². The average molecular weight is 297 g/mol. The summed E-state index contributed by atoms with van der Waals surface area (Å²) >= 11 is 0. The van der Waals surface area contributed by atoms with Gasteiger partial charge in [-0.2, -0.15) is 0 Å². The fraction of sp³-hybridized carbons (Fsp3) is 0.462. The maximum absolute atomic E-state index is 11.9. The van der Waals surface area contributed by atoms with Crippen molar-refractivity contribution in [1.29, 1.82) is 0 Å². The van der Waals surface area contributed by atoms with Crippen LogP contribution in [0.15, 0.2) is 29.2 Å². The van der Waals surface area contributed by atoms with Gasteiger partial charge in [0.15, 0.2) is 0 Å². The molecular weight excluding hydrogens is 278 g/mol. The number of sulfonamides is 1. The first-order chi connectivity index (χ1) is 9.41. The third-order valence-corrected chi connectivity index (χ3v) is 5.15. The van der Waals surface area contributed by atoms with E-state index in [9.17, 15) is 13.2 Å². The minimum atomic E-state index is -3.40. The molecule has 0 spiro atoms. The van der Waals surface area contributed by atoms with Gasteiger partial charge in [0.25, 0.3) is 0 Å². The molecular formula is C13H19N3O3S. The quantitative estimate of drug-likeness (QED) is 0.787. The molecule has 1 fully saturated rings. The summed E-state index contributed by atoms with van der Waals surface area (Å²) in [4.78, 5) is 11.9. The Morgan fingerprint density at radius 3 is 2.35 bits per heavy atom. The van der Waals surface area contributed by atoms with E-state index in [1.165, 1.54) is 18.4 Å². The van der Waals surface area contributed by atoms with Gasteiger partial charge in [0.05, 0.1) is 10.8 Å². The predicted molar refractivity (Wildman–Crippen MR) is 75.5 cm³/mol. The van der Waals surface area contributed by atoms with Gasteiger partial charge in [0, 0.05) is 33.7 Å². The molecule has 6 nitrogen and oxygen atoms in total. The molecule has 1 saturated heterocycles. The Hall–Kier alpha value is -1.44. The molecule has 1 amide bonds. The van der Waals surface area contributed by atoms with Crippen LogP contribution in [0.1, 0.15) is 5.56 Å². The highest BCUT2D eigenvalue weighted by atomic mass is 32.2. The van der Waals surface area contributed by atoms with Gasteiger partial charge in [-0.1, -0.05) is 12.1 Å². The summed E-state index contributed by atoms with van der Waals surface area (Å²) in [6.45, 7) is 1.87. The lowest BCUT2D eigenvalue weighted by Crippen LogP contribution is -2.50. The van der Waals surface area contributed by atoms with E-state index in [4.69, 9.17) is 0 Å². The van der Waals surface area contributed by atoms with Crippen molar-refractivity contribution in [3.05, 3.63) is 29.8 Å². The van der Waals surface area contributed by atoms with Crippen LogP contribution in [-0.2, 0) is 21.4 Å². The molecule has 1 aromatic rings. The van der Waals surface area contributed by atoms with E-state index in [0.717, 1.165) is 18.7 Å².